The molecule has 2 heterocycles. The minimum Gasteiger partial charge on any atom is -0.301 e. The third-order valence-corrected chi connectivity index (χ3v) is 5.26. The fraction of sp³-hybridized carbons (Fsp3) is 0.273. The Balaban J connectivity index is 1.94. The summed E-state index contributed by atoms with van der Waals surface area (Å²) >= 11 is 5.16. The van der Waals surface area contributed by atoms with Gasteiger partial charge < -0.3 is 4.57 Å². The number of nitrogens with zero attached hydrogens (tertiary/aromatic N) is 4. The van der Waals surface area contributed by atoms with E-state index in [0.29, 0.717) is 5.25 Å². The third kappa shape index (κ3) is 2.25. The van der Waals surface area contributed by atoms with Crippen LogP contribution >= 0.6 is 27.7 Å². The highest BCUT2D eigenvalue weighted by molar-refractivity contribution is 9.09. The normalized spacial score (nSPS) is 17.4. The lowest BCUT2D eigenvalue weighted by Gasteiger charge is -2.04. The van der Waals surface area contributed by atoms with Crippen LogP contribution in [0.15, 0.2) is 29.4 Å². The number of non-ortho nitro benzene ring substituents is 1. The monoisotopic (exact) mass is 340 g/mol. The summed E-state index contributed by atoms with van der Waals surface area (Å²) in [4.78, 5) is 10.2. The summed E-state index contributed by atoms with van der Waals surface area (Å²) in [5.41, 5.74) is 0.929. The number of nitro groups is 1. The van der Waals surface area contributed by atoms with E-state index < -0.39 is 4.92 Å². The van der Waals surface area contributed by atoms with Crippen molar-refractivity contribution in [1.29, 1.82) is 0 Å². The molecular formula is C11H9BrN4O2S. The first kappa shape index (κ1) is 12.6. The van der Waals surface area contributed by atoms with E-state index in [4.69, 9.17) is 0 Å². The van der Waals surface area contributed by atoms with Crippen LogP contribution in [0.3, 0.4) is 0 Å². The van der Waals surface area contributed by atoms with Crippen LogP contribution in [0.4, 0.5) is 5.69 Å². The highest BCUT2D eigenvalue weighted by Gasteiger charge is 2.26. The summed E-state index contributed by atoms with van der Waals surface area (Å²) in [6, 6.07) is 6.39. The molecule has 19 heavy (non-hydrogen) atoms. The van der Waals surface area contributed by atoms with E-state index in [-0.39, 0.29) is 5.69 Å². The van der Waals surface area contributed by atoms with Gasteiger partial charge in [-0.1, -0.05) is 27.7 Å². The summed E-state index contributed by atoms with van der Waals surface area (Å²) in [6.07, 6.45) is 0. The molecule has 1 aromatic carbocycles. The zero-order valence-electron chi connectivity index (χ0n) is 9.69. The summed E-state index contributed by atoms with van der Waals surface area (Å²) in [7, 11) is 0. The molecule has 2 aromatic rings. The highest BCUT2D eigenvalue weighted by atomic mass is 79.9. The Morgan fingerprint density at radius 2 is 2.16 bits per heavy atom. The van der Waals surface area contributed by atoms with Gasteiger partial charge in [0.15, 0.2) is 11.0 Å². The van der Waals surface area contributed by atoms with Crippen LogP contribution in [0, 0.1) is 10.1 Å². The van der Waals surface area contributed by atoms with Gasteiger partial charge in [-0.2, -0.15) is 0 Å². The Morgan fingerprint density at radius 1 is 1.42 bits per heavy atom. The van der Waals surface area contributed by atoms with E-state index in [1.165, 1.54) is 12.1 Å². The number of nitro benzene ring substituents is 1. The molecule has 0 saturated heterocycles. The number of rotatable bonds is 3. The molecule has 1 aliphatic heterocycles. The summed E-state index contributed by atoms with van der Waals surface area (Å²) in [5, 5.41) is 21.2. The topological polar surface area (TPSA) is 73.8 Å². The third-order valence-electron chi connectivity index (χ3n) is 2.88. The zero-order chi connectivity index (χ0) is 13.4. The number of alkyl halides is 1. The van der Waals surface area contributed by atoms with Crippen LogP contribution in [-0.4, -0.2) is 30.3 Å². The van der Waals surface area contributed by atoms with E-state index in [1.54, 1.807) is 23.9 Å². The van der Waals surface area contributed by atoms with Crippen LogP contribution in [0.5, 0.6) is 0 Å². The molecule has 0 aliphatic carbocycles. The van der Waals surface area contributed by atoms with Crippen molar-refractivity contribution >= 4 is 33.4 Å². The second kappa shape index (κ2) is 4.93. The van der Waals surface area contributed by atoms with Gasteiger partial charge in [0.05, 0.1) is 4.92 Å². The molecule has 0 unspecified atom stereocenters. The number of hydrogen-bond donors (Lipinski definition) is 0. The maximum atomic E-state index is 10.6. The summed E-state index contributed by atoms with van der Waals surface area (Å²) < 4.78 is 2.05. The minimum absolute atomic E-state index is 0.0811. The number of halogens is 1. The highest BCUT2D eigenvalue weighted by Crippen LogP contribution is 2.35. The Bertz CT molecular complexity index is 628. The number of thioether (sulfide) groups is 1. The van der Waals surface area contributed by atoms with Gasteiger partial charge in [0.1, 0.15) is 0 Å². The van der Waals surface area contributed by atoms with Crippen molar-refractivity contribution in [2.75, 3.05) is 5.33 Å². The number of hydrogen-bond acceptors (Lipinski definition) is 5. The molecule has 0 amide bonds. The molecule has 98 valence electrons. The van der Waals surface area contributed by atoms with Crippen LogP contribution in [0.25, 0.3) is 11.4 Å². The molecule has 1 aromatic heterocycles. The first-order valence-corrected chi connectivity index (χ1v) is 7.60. The maximum absolute atomic E-state index is 10.6. The average Bonchev–Trinajstić information content (AvgIpc) is 2.98. The fourth-order valence-electron chi connectivity index (χ4n) is 1.96. The van der Waals surface area contributed by atoms with Crippen molar-refractivity contribution < 1.29 is 4.92 Å². The molecule has 1 atom stereocenters. The lowest BCUT2D eigenvalue weighted by atomic mass is 10.2. The summed E-state index contributed by atoms with van der Waals surface area (Å²) in [6.45, 7) is 0.852. The molecule has 6 nitrogen and oxygen atoms in total. The Hall–Kier alpha value is -1.41. The lowest BCUT2D eigenvalue weighted by Crippen LogP contribution is -2.07. The SMILES string of the molecule is O=[N+]([O-])c1ccc(-c2nnc3n2C[C@@H](CBr)S3)cc1. The first-order valence-electron chi connectivity index (χ1n) is 5.59. The standard InChI is InChI=1S/C11H9BrN4O2S/c12-5-9-6-15-10(13-14-11(15)19-9)7-1-3-8(4-2-7)16(17)18/h1-4,9H,5-6H2/t9-/m1/s1. The van der Waals surface area contributed by atoms with Gasteiger partial charge in [0.2, 0.25) is 0 Å². The van der Waals surface area contributed by atoms with Gasteiger partial charge in [-0.05, 0) is 12.1 Å². The van der Waals surface area contributed by atoms with Crippen LogP contribution in [0.2, 0.25) is 0 Å². The quantitative estimate of drug-likeness (QED) is 0.488. The van der Waals surface area contributed by atoms with E-state index in [2.05, 4.69) is 30.7 Å². The summed E-state index contributed by atoms with van der Waals surface area (Å²) in [5.74, 6) is 0.765. The van der Waals surface area contributed by atoms with Gasteiger partial charge in [-0.25, -0.2) is 0 Å². The molecule has 0 saturated carbocycles. The van der Waals surface area contributed by atoms with E-state index in [0.717, 1.165) is 28.4 Å². The molecular weight excluding hydrogens is 332 g/mol. The second-order valence-electron chi connectivity index (χ2n) is 4.11. The molecule has 3 rings (SSSR count). The van der Waals surface area contributed by atoms with Gasteiger partial charge in [-0.3, -0.25) is 10.1 Å². The predicted molar refractivity (Wildman–Crippen MR) is 75.6 cm³/mol. The molecule has 1 aliphatic rings. The largest absolute Gasteiger partial charge is 0.301 e. The number of fused-ring (bicyclic) bond motifs is 1. The molecule has 0 N–H and O–H groups in total. The number of benzene rings is 1. The number of aromatic nitrogens is 3. The van der Waals surface area contributed by atoms with Crippen molar-refractivity contribution in [2.45, 2.75) is 17.0 Å². The van der Waals surface area contributed by atoms with E-state index in [9.17, 15) is 10.1 Å². The van der Waals surface area contributed by atoms with Gasteiger partial charge >= 0.3 is 0 Å². The van der Waals surface area contributed by atoms with Gasteiger partial charge in [0.25, 0.3) is 5.69 Å². The van der Waals surface area contributed by atoms with Crippen molar-refractivity contribution in [3.63, 3.8) is 0 Å². The molecule has 8 heteroatoms. The second-order valence-corrected chi connectivity index (χ2v) is 6.03. The van der Waals surface area contributed by atoms with Gasteiger partial charge in [-0.15, -0.1) is 10.2 Å². The molecule has 0 radical (unpaired) electrons. The Labute approximate surface area is 121 Å². The Morgan fingerprint density at radius 3 is 2.79 bits per heavy atom. The Kier molecular flexibility index (Phi) is 3.28. The van der Waals surface area contributed by atoms with Crippen LogP contribution in [0.1, 0.15) is 0 Å². The van der Waals surface area contributed by atoms with Crippen LogP contribution in [-0.2, 0) is 6.54 Å². The van der Waals surface area contributed by atoms with E-state index >= 15 is 0 Å². The van der Waals surface area contributed by atoms with Crippen molar-refractivity contribution in [3.05, 3.63) is 34.4 Å². The van der Waals surface area contributed by atoms with Crippen molar-refractivity contribution in [1.82, 2.24) is 14.8 Å². The van der Waals surface area contributed by atoms with Gasteiger partial charge in [0, 0.05) is 34.8 Å². The predicted octanol–water partition coefficient (Wildman–Crippen LogP) is 2.72. The fourth-order valence-corrected chi connectivity index (χ4v) is 3.52. The van der Waals surface area contributed by atoms with E-state index in [1.807, 2.05) is 0 Å². The minimum atomic E-state index is -0.408. The molecule has 0 bridgehead atoms. The molecule has 0 fully saturated rings. The smallest absolute Gasteiger partial charge is 0.269 e. The molecule has 0 spiro atoms. The zero-order valence-corrected chi connectivity index (χ0v) is 12.1. The van der Waals surface area contributed by atoms with Crippen molar-refractivity contribution in [2.24, 2.45) is 0 Å². The average molecular weight is 341 g/mol. The maximum Gasteiger partial charge on any atom is 0.269 e. The van der Waals surface area contributed by atoms with Crippen molar-refractivity contribution in [3.8, 4) is 11.4 Å². The lowest BCUT2D eigenvalue weighted by molar-refractivity contribution is -0.384. The first-order chi connectivity index (χ1) is 9.19. The van der Waals surface area contributed by atoms with Crippen LogP contribution < -0.4 is 0 Å².